The highest BCUT2D eigenvalue weighted by atomic mass is 19.4. The molecule has 0 radical (unpaired) electrons. The fraction of sp³-hybridized carbons (Fsp3) is 0.391. The molecule has 34 heavy (non-hydrogen) atoms. The van der Waals surface area contributed by atoms with E-state index in [0.717, 1.165) is 0 Å². The number of alkyl halides is 3. The van der Waals surface area contributed by atoms with E-state index in [4.69, 9.17) is 0 Å². The lowest BCUT2D eigenvalue weighted by Crippen LogP contribution is -2.51. The third-order valence-electron chi connectivity index (χ3n) is 6.33. The van der Waals surface area contributed by atoms with Gasteiger partial charge in [-0.2, -0.15) is 13.2 Å². The molecule has 0 spiro atoms. The summed E-state index contributed by atoms with van der Waals surface area (Å²) in [4.78, 5) is 44.6. The number of rotatable bonds is 5. The van der Waals surface area contributed by atoms with Gasteiger partial charge in [0.05, 0.1) is 11.6 Å². The minimum Gasteiger partial charge on any atom is -0.396 e. The zero-order chi connectivity index (χ0) is 24.6. The quantitative estimate of drug-likeness (QED) is 0.685. The largest absolute Gasteiger partial charge is 0.405 e. The van der Waals surface area contributed by atoms with Gasteiger partial charge < -0.3 is 19.9 Å². The van der Waals surface area contributed by atoms with E-state index in [1.807, 2.05) is 5.32 Å². The summed E-state index contributed by atoms with van der Waals surface area (Å²) in [5, 5.41) is 12.0. The molecule has 0 aliphatic carbocycles. The van der Waals surface area contributed by atoms with E-state index in [-0.39, 0.29) is 17.7 Å². The Balaban J connectivity index is 1.81. The molecule has 2 aliphatic rings. The number of hydrogen-bond acceptors (Lipinski definition) is 5. The minimum atomic E-state index is -4.64. The second-order valence-electron chi connectivity index (χ2n) is 8.32. The summed E-state index contributed by atoms with van der Waals surface area (Å²) in [7, 11) is 0. The maximum Gasteiger partial charge on any atom is 0.405 e. The summed E-state index contributed by atoms with van der Waals surface area (Å²) in [6, 6.07) is 4.16. The first-order chi connectivity index (χ1) is 16.2. The van der Waals surface area contributed by atoms with Crippen LogP contribution in [0.4, 0.5) is 13.2 Å². The van der Waals surface area contributed by atoms with Crippen molar-refractivity contribution < 1.29 is 27.9 Å². The standard InChI is InChI=1S/C23H23F3N4O4/c1-2-4-13-6-7-17-18-15(10-29(17)21(13)33)16(11-31)19(20(32)28-12-23(24,25)26)30(18)22(34)14-5-3-8-27-9-14/h2-9,15-16,18-19,31H,10-12H2,1H3,(H,28,32)/t15-,16-,18+,19-/m0/s1. The number of allylic oxidation sites excluding steroid dienone is 1. The summed E-state index contributed by atoms with van der Waals surface area (Å²) in [6.45, 7) is -0.221. The summed E-state index contributed by atoms with van der Waals surface area (Å²) < 4.78 is 39.8. The topological polar surface area (TPSA) is 105 Å². The molecule has 0 bridgehead atoms. The van der Waals surface area contributed by atoms with Crippen LogP contribution in [0.25, 0.3) is 6.08 Å². The molecule has 4 heterocycles. The van der Waals surface area contributed by atoms with Crippen LogP contribution in [-0.2, 0) is 11.3 Å². The Morgan fingerprint density at radius 2 is 2.06 bits per heavy atom. The Bertz CT molecular complexity index is 1180. The molecule has 2 aliphatic heterocycles. The number of nitrogens with one attached hydrogen (secondary N) is 1. The van der Waals surface area contributed by atoms with Crippen LogP contribution in [0.2, 0.25) is 0 Å². The molecule has 4 atom stereocenters. The lowest BCUT2D eigenvalue weighted by Gasteiger charge is -2.31. The maximum atomic E-state index is 13.5. The van der Waals surface area contributed by atoms with Crippen molar-refractivity contribution in [3.63, 3.8) is 0 Å². The van der Waals surface area contributed by atoms with Crippen molar-refractivity contribution in [1.82, 2.24) is 19.8 Å². The van der Waals surface area contributed by atoms with Crippen LogP contribution in [0.15, 0.2) is 47.5 Å². The smallest absolute Gasteiger partial charge is 0.396 e. The molecule has 0 aromatic carbocycles. The number of fused-ring (bicyclic) bond motifs is 3. The van der Waals surface area contributed by atoms with Crippen molar-refractivity contribution in [1.29, 1.82) is 0 Å². The Hall–Kier alpha value is -3.47. The lowest BCUT2D eigenvalue weighted by molar-refractivity contribution is -0.141. The molecule has 2 aromatic rings. The molecule has 0 saturated carbocycles. The first-order valence-electron chi connectivity index (χ1n) is 10.7. The van der Waals surface area contributed by atoms with Crippen LogP contribution in [0, 0.1) is 11.8 Å². The van der Waals surface area contributed by atoms with E-state index in [0.29, 0.717) is 11.3 Å². The van der Waals surface area contributed by atoms with Gasteiger partial charge in [-0.25, -0.2) is 0 Å². The SMILES string of the molecule is CC=Cc1ccc2n(c1=O)C[C@H]1[C@H](CO)[C@@H](C(=O)NCC(F)(F)F)N(C(=O)c3cccnc3)[C@@H]21. The molecule has 11 heteroatoms. The highest BCUT2D eigenvalue weighted by Gasteiger charge is 2.57. The number of hydrogen-bond donors (Lipinski definition) is 2. The first-order valence-corrected chi connectivity index (χ1v) is 10.7. The van der Waals surface area contributed by atoms with Crippen molar-refractivity contribution in [2.75, 3.05) is 13.2 Å². The van der Waals surface area contributed by atoms with Gasteiger partial charge in [-0.15, -0.1) is 0 Å². The van der Waals surface area contributed by atoms with E-state index >= 15 is 0 Å². The van der Waals surface area contributed by atoms with E-state index < -0.39 is 55.1 Å². The van der Waals surface area contributed by atoms with E-state index in [1.54, 1.807) is 31.2 Å². The average Bonchev–Trinajstić information content (AvgIpc) is 3.34. The van der Waals surface area contributed by atoms with Crippen molar-refractivity contribution in [2.24, 2.45) is 11.8 Å². The number of pyridine rings is 2. The Kier molecular flexibility index (Phi) is 6.30. The number of aromatic nitrogens is 2. The molecule has 2 aromatic heterocycles. The first kappa shape index (κ1) is 23.7. The van der Waals surface area contributed by atoms with Gasteiger partial charge in [0, 0.05) is 48.6 Å². The van der Waals surface area contributed by atoms with E-state index in [9.17, 15) is 32.7 Å². The van der Waals surface area contributed by atoms with Gasteiger partial charge in [0.25, 0.3) is 11.5 Å². The average molecular weight is 476 g/mol. The van der Waals surface area contributed by atoms with Crippen LogP contribution < -0.4 is 10.9 Å². The maximum absolute atomic E-state index is 13.5. The number of carbonyl (C=O) groups is 2. The van der Waals surface area contributed by atoms with E-state index in [1.165, 1.54) is 34.0 Å². The summed E-state index contributed by atoms with van der Waals surface area (Å²) in [5.74, 6) is -3.05. The molecule has 0 unspecified atom stereocenters. The summed E-state index contributed by atoms with van der Waals surface area (Å²) >= 11 is 0. The predicted molar refractivity (Wildman–Crippen MR) is 115 cm³/mol. The molecule has 2 amide bonds. The predicted octanol–water partition coefficient (Wildman–Crippen LogP) is 1.76. The molecular weight excluding hydrogens is 453 g/mol. The number of carbonyl (C=O) groups excluding carboxylic acids is 2. The zero-order valence-electron chi connectivity index (χ0n) is 18.2. The van der Waals surface area contributed by atoms with Crippen molar-refractivity contribution in [3.05, 3.63) is 69.9 Å². The fourth-order valence-electron chi connectivity index (χ4n) is 4.96. The molecule has 8 nitrogen and oxygen atoms in total. The van der Waals surface area contributed by atoms with Crippen LogP contribution in [0.5, 0.6) is 0 Å². The molecule has 1 fully saturated rings. The van der Waals surface area contributed by atoms with Gasteiger partial charge in [0.2, 0.25) is 5.91 Å². The van der Waals surface area contributed by atoms with Crippen LogP contribution in [-0.4, -0.2) is 56.7 Å². The second kappa shape index (κ2) is 9.05. The van der Waals surface area contributed by atoms with Gasteiger partial charge in [-0.3, -0.25) is 19.4 Å². The zero-order valence-corrected chi connectivity index (χ0v) is 18.2. The Morgan fingerprint density at radius 3 is 2.68 bits per heavy atom. The normalized spacial score (nSPS) is 23.7. The Labute approximate surface area is 192 Å². The highest BCUT2D eigenvalue weighted by molar-refractivity contribution is 5.98. The van der Waals surface area contributed by atoms with Gasteiger partial charge in [-0.1, -0.05) is 12.2 Å². The van der Waals surface area contributed by atoms with Crippen molar-refractivity contribution in [2.45, 2.75) is 31.7 Å². The number of halogens is 3. The van der Waals surface area contributed by atoms with Crippen molar-refractivity contribution in [3.8, 4) is 0 Å². The number of amides is 2. The molecular formula is C23H23F3N4O4. The third-order valence-corrected chi connectivity index (χ3v) is 6.33. The number of aliphatic hydroxyl groups excluding tert-OH is 1. The van der Waals surface area contributed by atoms with E-state index in [2.05, 4.69) is 4.98 Å². The van der Waals surface area contributed by atoms with Crippen molar-refractivity contribution >= 4 is 17.9 Å². The number of aliphatic hydroxyl groups is 1. The lowest BCUT2D eigenvalue weighted by atomic mass is 9.88. The fourth-order valence-corrected chi connectivity index (χ4v) is 4.96. The van der Waals surface area contributed by atoms with Crippen LogP contribution in [0.3, 0.4) is 0 Å². The van der Waals surface area contributed by atoms with Crippen LogP contribution in [0.1, 0.15) is 34.6 Å². The third kappa shape index (κ3) is 4.11. The number of nitrogens with zero attached hydrogens (tertiary/aromatic N) is 3. The highest BCUT2D eigenvalue weighted by Crippen LogP contribution is 2.49. The minimum absolute atomic E-state index is 0.120. The molecule has 180 valence electrons. The monoisotopic (exact) mass is 476 g/mol. The van der Waals surface area contributed by atoms with Gasteiger partial charge in [0.1, 0.15) is 12.6 Å². The van der Waals surface area contributed by atoms with Gasteiger partial charge >= 0.3 is 6.18 Å². The van der Waals surface area contributed by atoms with Gasteiger partial charge in [-0.05, 0) is 31.2 Å². The number of likely N-dealkylation sites (tertiary alicyclic amines) is 1. The van der Waals surface area contributed by atoms with Crippen LogP contribution >= 0.6 is 0 Å². The Morgan fingerprint density at radius 1 is 1.29 bits per heavy atom. The molecule has 2 N–H and O–H groups in total. The second-order valence-corrected chi connectivity index (χ2v) is 8.32. The molecule has 4 rings (SSSR count). The molecule has 1 saturated heterocycles. The summed E-state index contributed by atoms with van der Waals surface area (Å²) in [5.41, 5.74) is 0.759. The van der Waals surface area contributed by atoms with Gasteiger partial charge in [0.15, 0.2) is 0 Å². The summed E-state index contributed by atoms with van der Waals surface area (Å²) in [6.07, 6.45) is 1.49.